The summed E-state index contributed by atoms with van der Waals surface area (Å²) in [6.07, 6.45) is 37.3. The third-order valence-electron chi connectivity index (χ3n) is 12.5. The smallest absolute Gasteiger partial charge is 0.306 e. The lowest BCUT2D eigenvalue weighted by Crippen LogP contribution is -2.37. The summed E-state index contributed by atoms with van der Waals surface area (Å²) in [7, 11) is 1.03. The van der Waals surface area contributed by atoms with Gasteiger partial charge in [-0.15, -0.1) is 0 Å². The molecular formula is C52H98NO11P. The number of allylic oxidation sites excluding steroid dienone is 2. The quantitative estimate of drug-likeness (QED) is 0.0174. The molecule has 0 heterocycles. The van der Waals surface area contributed by atoms with E-state index in [1.165, 1.54) is 109 Å². The fourth-order valence-electron chi connectivity index (χ4n) is 8.36. The van der Waals surface area contributed by atoms with E-state index < -0.39 is 50.8 Å². The van der Waals surface area contributed by atoms with Gasteiger partial charge >= 0.3 is 11.9 Å². The molecule has 0 aliphatic heterocycles. The van der Waals surface area contributed by atoms with E-state index in [0.29, 0.717) is 43.1 Å². The first-order chi connectivity index (χ1) is 31.2. The first-order valence-electron chi connectivity index (χ1n) is 26.3. The van der Waals surface area contributed by atoms with Gasteiger partial charge in [-0.3, -0.25) is 14.2 Å². The Balaban J connectivity index is 2.38. The molecule has 0 bridgehead atoms. The maximum absolute atomic E-state index is 12.8. The SMILES string of the molecule is CCCCCCCCCCCCCCCCCCCCCCCC(=O)OC[C@H](COP(=O)([O-])OCC[N+](C)(C)C)OC(=O)CCC/C=C/C[C@@H]1[C@@H](/C=C/[C@@H](O)CCCCC)[C@H](O)C[C@@H]1O. The molecule has 3 N–H and O–H groups in total. The summed E-state index contributed by atoms with van der Waals surface area (Å²) < 4.78 is 34.0. The number of unbranched alkanes of at least 4 members (excludes halogenated alkanes) is 23. The lowest BCUT2D eigenvalue weighted by molar-refractivity contribution is -0.870. The van der Waals surface area contributed by atoms with Crippen molar-refractivity contribution in [3.63, 3.8) is 0 Å². The van der Waals surface area contributed by atoms with Gasteiger partial charge in [0, 0.05) is 25.2 Å². The number of nitrogens with zero attached hydrogens (tertiary/aromatic N) is 1. The highest BCUT2D eigenvalue weighted by atomic mass is 31.2. The molecule has 7 atom stereocenters. The maximum atomic E-state index is 12.8. The van der Waals surface area contributed by atoms with Gasteiger partial charge < -0.3 is 43.2 Å². The van der Waals surface area contributed by atoms with E-state index in [2.05, 4.69) is 13.8 Å². The molecule has 12 nitrogen and oxygen atoms in total. The lowest BCUT2D eigenvalue weighted by Gasteiger charge is -2.28. The average molecular weight is 944 g/mol. The van der Waals surface area contributed by atoms with Gasteiger partial charge in [-0.2, -0.15) is 0 Å². The van der Waals surface area contributed by atoms with Gasteiger partial charge in [0.1, 0.15) is 19.8 Å². The van der Waals surface area contributed by atoms with Crippen molar-refractivity contribution in [1.29, 1.82) is 0 Å². The number of hydrogen-bond acceptors (Lipinski definition) is 11. The van der Waals surface area contributed by atoms with Crippen LogP contribution in [0, 0.1) is 11.8 Å². The van der Waals surface area contributed by atoms with Gasteiger partial charge in [0.25, 0.3) is 7.82 Å². The van der Waals surface area contributed by atoms with Crippen LogP contribution in [0.5, 0.6) is 0 Å². The Morgan fingerprint density at radius 1 is 0.677 bits per heavy atom. The molecule has 0 saturated heterocycles. The topological polar surface area (TPSA) is 172 Å². The van der Waals surface area contributed by atoms with Crippen molar-refractivity contribution >= 4 is 19.8 Å². The number of hydrogen-bond donors (Lipinski definition) is 3. The molecule has 0 aromatic heterocycles. The number of carbonyl (C=O) groups excluding carboxylic acids is 2. The second-order valence-electron chi connectivity index (χ2n) is 19.9. The summed E-state index contributed by atoms with van der Waals surface area (Å²) in [5.41, 5.74) is 0. The minimum absolute atomic E-state index is 0.0509. The molecule has 1 unspecified atom stereocenters. The molecule has 13 heteroatoms. The Morgan fingerprint density at radius 2 is 1.18 bits per heavy atom. The molecule has 1 aliphatic carbocycles. The molecule has 1 rings (SSSR count). The molecule has 0 aromatic rings. The maximum Gasteiger partial charge on any atom is 0.306 e. The number of ether oxygens (including phenoxy) is 2. The molecule has 0 spiro atoms. The fraction of sp³-hybridized carbons (Fsp3) is 0.885. The number of esters is 2. The number of quaternary nitrogens is 1. The molecular weight excluding hydrogens is 846 g/mol. The summed E-state index contributed by atoms with van der Waals surface area (Å²) in [5.74, 6) is -1.44. The van der Waals surface area contributed by atoms with E-state index in [1.807, 2.05) is 39.4 Å². The normalized spacial score (nSPS) is 19.8. The lowest BCUT2D eigenvalue weighted by atomic mass is 9.89. The zero-order chi connectivity index (χ0) is 48.0. The summed E-state index contributed by atoms with van der Waals surface area (Å²) in [5, 5.41) is 31.4. The molecule has 65 heavy (non-hydrogen) atoms. The van der Waals surface area contributed by atoms with Crippen molar-refractivity contribution in [3.05, 3.63) is 24.3 Å². The Hall–Kier alpha value is -1.63. The zero-order valence-corrected chi connectivity index (χ0v) is 42.9. The van der Waals surface area contributed by atoms with Crippen LogP contribution in [-0.2, 0) is 32.7 Å². The fourth-order valence-corrected chi connectivity index (χ4v) is 9.09. The molecule has 1 aliphatic rings. The second kappa shape index (κ2) is 39.2. The Labute approximate surface area is 396 Å². The monoisotopic (exact) mass is 944 g/mol. The van der Waals surface area contributed by atoms with Crippen molar-refractivity contribution < 1.29 is 57.4 Å². The molecule has 0 aromatic carbocycles. The molecule has 0 radical (unpaired) electrons. The third-order valence-corrected chi connectivity index (χ3v) is 13.5. The van der Waals surface area contributed by atoms with Crippen molar-refractivity contribution in [3.8, 4) is 0 Å². The van der Waals surface area contributed by atoms with E-state index in [4.69, 9.17) is 18.5 Å². The molecule has 382 valence electrons. The highest BCUT2D eigenvalue weighted by molar-refractivity contribution is 7.45. The highest BCUT2D eigenvalue weighted by Gasteiger charge is 2.39. The number of phosphoric ester groups is 1. The van der Waals surface area contributed by atoms with Crippen molar-refractivity contribution in [2.75, 3.05) is 47.5 Å². The number of carbonyl (C=O) groups is 2. The van der Waals surface area contributed by atoms with Crippen LogP contribution in [0.4, 0.5) is 0 Å². The van der Waals surface area contributed by atoms with Gasteiger partial charge in [-0.25, -0.2) is 0 Å². The van der Waals surface area contributed by atoms with E-state index in [-0.39, 0.29) is 44.3 Å². The van der Waals surface area contributed by atoms with Crippen LogP contribution in [0.25, 0.3) is 0 Å². The van der Waals surface area contributed by atoms with Crippen molar-refractivity contribution in [2.45, 2.75) is 237 Å². The van der Waals surface area contributed by atoms with Gasteiger partial charge in [0.15, 0.2) is 6.10 Å². The van der Waals surface area contributed by atoms with Crippen LogP contribution < -0.4 is 4.89 Å². The van der Waals surface area contributed by atoms with E-state index >= 15 is 0 Å². The second-order valence-corrected chi connectivity index (χ2v) is 21.3. The summed E-state index contributed by atoms with van der Waals surface area (Å²) in [4.78, 5) is 37.9. The Bertz CT molecular complexity index is 1270. The summed E-state index contributed by atoms with van der Waals surface area (Å²) in [6, 6.07) is 0. The highest BCUT2D eigenvalue weighted by Crippen LogP contribution is 2.39. The van der Waals surface area contributed by atoms with Crippen molar-refractivity contribution in [1.82, 2.24) is 0 Å². The minimum Gasteiger partial charge on any atom is -0.756 e. The van der Waals surface area contributed by atoms with Gasteiger partial charge in [0.05, 0.1) is 46.1 Å². The zero-order valence-electron chi connectivity index (χ0n) is 42.0. The predicted molar refractivity (Wildman–Crippen MR) is 261 cm³/mol. The van der Waals surface area contributed by atoms with Gasteiger partial charge in [-0.05, 0) is 38.0 Å². The number of rotatable bonds is 44. The van der Waals surface area contributed by atoms with Crippen LogP contribution in [0.3, 0.4) is 0 Å². The van der Waals surface area contributed by atoms with Crippen molar-refractivity contribution in [2.24, 2.45) is 11.8 Å². The largest absolute Gasteiger partial charge is 0.756 e. The number of aliphatic hydroxyl groups excluding tert-OH is 3. The minimum atomic E-state index is -4.70. The number of phosphoric acid groups is 1. The molecule has 1 fully saturated rings. The van der Waals surface area contributed by atoms with E-state index in [9.17, 15) is 34.4 Å². The average Bonchev–Trinajstić information content (AvgIpc) is 3.52. The third kappa shape index (κ3) is 36.1. The predicted octanol–water partition coefficient (Wildman–Crippen LogP) is 11.2. The van der Waals surface area contributed by atoms with E-state index in [1.54, 1.807) is 6.08 Å². The summed E-state index contributed by atoms with van der Waals surface area (Å²) >= 11 is 0. The van der Waals surface area contributed by atoms with Crippen LogP contribution in [0.1, 0.15) is 213 Å². The molecule has 1 saturated carbocycles. The Morgan fingerprint density at radius 3 is 1.72 bits per heavy atom. The van der Waals surface area contributed by atoms with Crippen LogP contribution >= 0.6 is 7.82 Å². The van der Waals surface area contributed by atoms with Crippen LogP contribution in [0.15, 0.2) is 24.3 Å². The van der Waals surface area contributed by atoms with Crippen LogP contribution in [-0.4, -0.2) is 104 Å². The first kappa shape index (κ1) is 61.4. The summed E-state index contributed by atoms with van der Waals surface area (Å²) in [6.45, 7) is 3.88. The standard InChI is InChI=1S/C52H98NO11P/c1-6-8-10-11-12-13-14-15-16-17-18-19-20-21-22-23-24-25-26-27-32-36-51(57)61-43-46(44-63-65(59,60)62-41-40-53(3,4)5)64-52(58)37-33-29-28-31-35-47-48(50(56)42-49(47)55)39-38-45(54)34-30-9-7-2/h28,31,38-39,45-50,54-56H,6-27,29-30,32-37,40-44H2,1-5H3/b31-28+,39-38+/t45-,46+,47+,48+,49-,50+/m0/s1. The van der Waals surface area contributed by atoms with E-state index in [0.717, 1.165) is 38.5 Å². The van der Waals surface area contributed by atoms with Gasteiger partial charge in [0.2, 0.25) is 0 Å². The van der Waals surface area contributed by atoms with Gasteiger partial charge in [-0.1, -0.05) is 186 Å². The number of aliphatic hydroxyl groups is 3. The van der Waals surface area contributed by atoms with Crippen LogP contribution in [0.2, 0.25) is 0 Å². The first-order valence-corrected chi connectivity index (χ1v) is 27.8. The molecule has 0 amide bonds. The number of likely N-dealkylation sites (N-methyl/N-ethyl adjacent to an activating group) is 1. The Kier molecular flexibility index (Phi) is 37.1.